The topological polar surface area (TPSA) is 29.9 Å². The zero-order chi connectivity index (χ0) is 12.1. The van der Waals surface area contributed by atoms with E-state index in [-0.39, 0.29) is 0 Å². The molecule has 0 saturated carbocycles. The highest BCUT2D eigenvalue weighted by molar-refractivity contribution is 6.31. The molecule has 3 nitrogen and oxygen atoms in total. The molecule has 1 N–H and O–H groups in total. The summed E-state index contributed by atoms with van der Waals surface area (Å²) in [6, 6.07) is 0. The second-order valence-corrected chi connectivity index (χ2v) is 4.74. The van der Waals surface area contributed by atoms with Crippen LogP contribution >= 0.6 is 11.6 Å². The second kappa shape index (κ2) is 6.26. The van der Waals surface area contributed by atoms with E-state index < -0.39 is 0 Å². The Labute approximate surface area is 103 Å². The number of nitrogens with zero attached hydrogens (tertiary/aromatic N) is 2. The fourth-order valence-corrected chi connectivity index (χ4v) is 2.17. The lowest BCUT2D eigenvalue weighted by molar-refractivity contribution is 0.490. The van der Waals surface area contributed by atoms with Gasteiger partial charge in [0.1, 0.15) is 0 Å². The van der Waals surface area contributed by atoms with E-state index in [1.54, 1.807) is 0 Å². The van der Waals surface area contributed by atoms with Crippen molar-refractivity contribution in [2.45, 2.75) is 40.2 Å². The normalized spacial score (nSPS) is 13.1. The lowest BCUT2D eigenvalue weighted by Gasteiger charge is -2.11. The Kier molecular flexibility index (Phi) is 5.29. The highest BCUT2D eigenvalue weighted by atomic mass is 35.5. The highest BCUT2D eigenvalue weighted by Crippen LogP contribution is 2.22. The number of nitrogens with one attached hydrogen (secondary N) is 1. The molecule has 0 spiro atoms. The Bertz CT molecular complexity index is 333. The molecule has 0 fully saturated rings. The molecule has 1 rings (SSSR count). The van der Waals surface area contributed by atoms with Gasteiger partial charge in [-0.05, 0) is 46.2 Å². The third kappa shape index (κ3) is 3.22. The predicted molar refractivity (Wildman–Crippen MR) is 69.1 cm³/mol. The number of aryl methyl sites for hydroxylation is 2. The molecule has 1 unspecified atom stereocenters. The van der Waals surface area contributed by atoms with E-state index in [0.29, 0.717) is 5.92 Å². The molecule has 92 valence electrons. The Morgan fingerprint density at radius 1 is 1.50 bits per heavy atom. The van der Waals surface area contributed by atoms with Crippen molar-refractivity contribution in [1.29, 1.82) is 0 Å². The van der Waals surface area contributed by atoms with Crippen LogP contribution in [0.25, 0.3) is 0 Å². The van der Waals surface area contributed by atoms with Gasteiger partial charge in [-0.2, -0.15) is 5.10 Å². The van der Waals surface area contributed by atoms with Crippen molar-refractivity contribution in [1.82, 2.24) is 15.1 Å². The molecule has 0 aliphatic carbocycles. The Morgan fingerprint density at radius 3 is 2.75 bits per heavy atom. The lowest BCUT2D eigenvalue weighted by Crippen LogP contribution is -2.17. The zero-order valence-electron chi connectivity index (χ0n) is 10.7. The van der Waals surface area contributed by atoms with Crippen molar-refractivity contribution in [3.63, 3.8) is 0 Å². The summed E-state index contributed by atoms with van der Waals surface area (Å²) >= 11 is 6.25. The number of rotatable bonds is 6. The molecule has 0 amide bonds. The van der Waals surface area contributed by atoms with Crippen LogP contribution in [0.4, 0.5) is 0 Å². The number of hydrogen-bond acceptors (Lipinski definition) is 2. The molecule has 1 atom stereocenters. The van der Waals surface area contributed by atoms with Crippen molar-refractivity contribution < 1.29 is 0 Å². The molecule has 0 radical (unpaired) electrons. The molecular weight excluding hydrogens is 222 g/mol. The number of aromatic nitrogens is 2. The summed E-state index contributed by atoms with van der Waals surface area (Å²) in [6.45, 7) is 8.27. The smallest absolute Gasteiger partial charge is 0.0847 e. The van der Waals surface area contributed by atoms with Crippen LogP contribution in [0.2, 0.25) is 5.02 Å². The molecule has 0 bridgehead atoms. The largest absolute Gasteiger partial charge is 0.319 e. The van der Waals surface area contributed by atoms with Gasteiger partial charge in [-0.15, -0.1) is 0 Å². The summed E-state index contributed by atoms with van der Waals surface area (Å²) in [5.41, 5.74) is 2.13. The van der Waals surface area contributed by atoms with Gasteiger partial charge in [0, 0.05) is 6.54 Å². The van der Waals surface area contributed by atoms with Crippen LogP contribution in [0, 0.1) is 12.8 Å². The van der Waals surface area contributed by atoms with Crippen molar-refractivity contribution in [2.75, 3.05) is 13.6 Å². The quantitative estimate of drug-likeness (QED) is 0.833. The molecule has 0 saturated heterocycles. The van der Waals surface area contributed by atoms with Crippen molar-refractivity contribution in [2.24, 2.45) is 5.92 Å². The minimum absolute atomic E-state index is 0.668. The van der Waals surface area contributed by atoms with E-state index in [1.807, 2.05) is 18.7 Å². The molecule has 1 aromatic heterocycles. The van der Waals surface area contributed by atoms with Crippen LogP contribution in [0.3, 0.4) is 0 Å². The molecule has 0 aliphatic heterocycles. The fourth-order valence-electron chi connectivity index (χ4n) is 1.94. The van der Waals surface area contributed by atoms with Crippen molar-refractivity contribution in [3.05, 3.63) is 16.4 Å². The van der Waals surface area contributed by atoms with Gasteiger partial charge in [-0.3, -0.25) is 4.68 Å². The minimum Gasteiger partial charge on any atom is -0.319 e. The summed E-state index contributed by atoms with van der Waals surface area (Å²) < 4.78 is 2.02. The summed E-state index contributed by atoms with van der Waals surface area (Å²) in [5, 5.41) is 8.46. The summed E-state index contributed by atoms with van der Waals surface area (Å²) in [4.78, 5) is 0. The van der Waals surface area contributed by atoms with Gasteiger partial charge in [0.15, 0.2) is 0 Å². The van der Waals surface area contributed by atoms with Gasteiger partial charge in [0.25, 0.3) is 0 Å². The summed E-state index contributed by atoms with van der Waals surface area (Å²) in [7, 11) is 1.99. The molecule has 16 heavy (non-hydrogen) atoms. The lowest BCUT2D eigenvalue weighted by atomic mass is 10.0. The standard InChI is InChI=1S/C12H22ClN3/c1-5-16-11(12(13)10(3)15-16)7-6-9(2)8-14-4/h9,14H,5-8H2,1-4H3. The maximum Gasteiger partial charge on any atom is 0.0847 e. The van der Waals surface area contributed by atoms with Gasteiger partial charge >= 0.3 is 0 Å². The van der Waals surface area contributed by atoms with Crippen LogP contribution in [-0.2, 0) is 13.0 Å². The van der Waals surface area contributed by atoms with E-state index in [2.05, 4.69) is 24.3 Å². The summed E-state index contributed by atoms with van der Waals surface area (Å²) in [5.74, 6) is 0.668. The van der Waals surface area contributed by atoms with Crippen LogP contribution in [0.15, 0.2) is 0 Å². The molecule has 1 heterocycles. The first kappa shape index (κ1) is 13.5. The first-order chi connectivity index (χ1) is 7.60. The van der Waals surface area contributed by atoms with Crippen LogP contribution in [0.5, 0.6) is 0 Å². The van der Waals surface area contributed by atoms with Crippen molar-refractivity contribution in [3.8, 4) is 0 Å². The van der Waals surface area contributed by atoms with Gasteiger partial charge < -0.3 is 5.32 Å². The Morgan fingerprint density at radius 2 is 2.19 bits per heavy atom. The molecule has 0 aliphatic rings. The minimum atomic E-state index is 0.668. The first-order valence-corrected chi connectivity index (χ1v) is 6.34. The fraction of sp³-hybridized carbons (Fsp3) is 0.750. The molecule has 0 aromatic carbocycles. The third-order valence-electron chi connectivity index (χ3n) is 2.88. The summed E-state index contributed by atoms with van der Waals surface area (Å²) in [6.07, 6.45) is 2.15. The highest BCUT2D eigenvalue weighted by Gasteiger charge is 2.13. The Hall–Kier alpha value is -0.540. The predicted octanol–water partition coefficient (Wildman–Crippen LogP) is 2.65. The average molecular weight is 244 g/mol. The van der Waals surface area contributed by atoms with Crippen LogP contribution < -0.4 is 5.32 Å². The first-order valence-electron chi connectivity index (χ1n) is 5.96. The number of hydrogen-bond donors (Lipinski definition) is 1. The van der Waals surface area contributed by atoms with Crippen LogP contribution in [0.1, 0.15) is 31.7 Å². The molecule has 1 aromatic rings. The maximum absolute atomic E-state index is 6.25. The second-order valence-electron chi connectivity index (χ2n) is 4.36. The van der Waals surface area contributed by atoms with E-state index in [4.69, 9.17) is 11.6 Å². The molecule has 4 heteroatoms. The van der Waals surface area contributed by atoms with Crippen molar-refractivity contribution >= 4 is 11.6 Å². The zero-order valence-corrected chi connectivity index (χ0v) is 11.4. The van der Waals surface area contributed by atoms with Gasteiger partial charge in [0.05, 0.1) is 16.4 Å². The number of halogens is 1. The van der Waals surface area contributed by atoms with Gasteiger partial charge in [-0.1, -0.05) is 18.5 Å². The maximum atomic E-state index is 6.25. The van der Waals surface area contributed by atoms with Gasteiger partial charge in [-0.25, -0.2) is 0 Å². The van der Waals surface area contributed by atoms with E-state index in [0.717, 1.165) is 36.6 Å². The monoisotopic (exact) mass is 243 g/mol. The Balaban J connectivity index is 2.65. The average Bonchev–Trinajstić information content (AvgIpc) is 2.53. The van der Waals surface area contributed by atoms with Gasteiger partial charge in [0.2, 0.25) is 0 Å². The SMILES string of the molecule is CCn1nc(C)c(Cl)c1CCC(C)CNC. The van der Waals surface area contributed by atoms with E-state index in [9.17, 15) is 0 Å². The third-order valence-corrected chi connectivity index (χ3v) is 3.37. The van der Waals surface area contributed by atoms with Crippen LogP contribution in [-0.4, -0.2) is 23.4 Å². The van der Waals surface area contributed by atoms with E-state index >= 15 is 0 Å². The molecular formula is C12H22ClN3. The van der Waals surface area contributed by atoms with E-state index in [1.165, 1.54) is 5.69 Å².